The number of hydrogen-bond acceptors (Lipinski definition) is 4. The second-order valence-electron chi connectivity index (χ2n) is 4.67. The Morgan fingerprint density at radius 2 is 2.26 bits per heavy atom. The van der Waals surface area contributed by atoms with Crippen molar-refractivity contribution in [3.8, 4) is 5.88 Å². The quantitative estimate of drug-likeness (QED) is 0.669. The van der Waals surface area contributed by atoms with Gasteiger partial charge in [-0.3, -0.25) is 4.79 Å². The number of hydrogen-bond donors (Lipinski definition) is 2. The first-order chi connectivity index (χ1) is 9.11. The second-order valence-corrected chi connectivity index (χ2v) is 4.67. The van der Waals surface area contributed by atoms with Crippen molar-refractivity contribution in [2.75, 3.05) is 13.7 Å². The third kappa shape index (κ3) is 6.76. The molecule has 0 saturated carbocycles. The van der Waals surface area contributed by atoms with Crippen LogP contribution in [0.3, 0.4) is 0 Å². The summed E-state index contributed by atoms with van der Waals surface area (Å²) in [6.45, 7) is 3.64. The van der Waals surface area contributed by atoms with Crippen LogP contribution in [0, 0.1) is 5.92 Å². The highest BCUT2D eigenvalue weighted by molar-refractivity contribution is 5.66. The Bertz CT molecular complexity index is 396. The minimum atomic E-state index is -0.722. The summed E-state index contributed by atoms with van der Waals surface area (Å²) in [6.07, 6.45) is 1.95. The van der Waals surface area contributed by atoms with Crippen molar-refractivity contribution in [3.63, 3.8) is 0 Å². The monoisotopic (exact) mass is 266 g/mol. The summed E-state index contributed by atoms with van der Waals surface area (Å²) in [6, 6.07) is 5.68. The fourth-order valence-electron chi connectivity index (χ4n) is 1.75. The molecule has 5 nitrogen and oxygen atoms in total. The standard InChI is InChI=1S/C14H22N2O3/c1-11(6-7-14(17)18)8-9-15-10-12-4-3-5-13(16-12)19-2/h3-5,11,15H,6-10H2,1-2H3,(H,17,18). The summed E-state index contributed by atoms with van der Waals surface area (Å²) in [4.78, 5) is 14.7. The summed E-state index contributed by atoms with van der Waals surface area (Å²) in [5.74, 6) is 0.316. The van der Waals surface area contributed by atoms with Crippen LogP contribution < -0.4 is 10.1 Å². The number of carboxylic acid groups (broad SMARTS) is 1. The van der Waals surface area contributed by atoms with E-state index in [-0.39, 0.29) is 6.42 Å². The van der Waals surface area contributed by atoms with Gasteiger partial charge in [0, 0.05) is 19.0 Å². The zero-order valence-electron chi connectivity index (χ0n) is 11.6. The van der Waals surface area contributed by atoms with Gasteiger partial charge < -0.3 is 15.2 Å². The summed E-state index contributed by atoms with van der Waals surface area (Å²) >= 11 is 0. The summed E-state index contributed by atoms with van der Waals surface area (Å²) < 4.78 is 5.06. The molecular weight excluding hydrogens is 244 g/mol. The van der Waals surface area contributed by atoms with Crippen LogP contribution in [0.25, 0.3) is 0 Å². The Kier molecular flexibility index (Phi) is 6.89. The molecule has 0 amide bonds. The molecule has 0 aliphatic carbocycles. The second kappa shape index (κ2) is 8.48. The molecule has 0 spiro atoms. The molecule has 0 bridgehead atoms. The Labute approximate surface area is 114 Å². The van der Waals surface area contributed by atoms with E-state index in [4.69, 9.17) is 9.84 Å². The summed E-state index contributed by atoms with van der Waals surface area (Å²) in [5.41, 5.74) is 0.942. The van der Waals surface area contributed by atoms with Crippen LogP contribution in [-0.4, -0.2) is 29.7 Å². The lowest BCUT2D eigenvalue weighted by molar-refractivity contribution is -0.137. The van der Waals surface area contributed by atoms with E-state index in [1.807, 2.05) is 18.2 Å². The molecule has 106 valence electrons. The van der Waals surface area contributed by atoms with E-state index in [1.165, 1.54) is 0 Å². The van der Waals surface area contributed by atoms with Crippen LogP contribution in [0.5, 0.6) is 5.88 Å². The van der Waals surface area contributed by atoms with Crippen molar-refractivity contribution < 1.29 is 14.6 Å². The molecule has 1 aromatic heterocycles. The van der Waals surface area contributed by atoms with E-state index < -0.39 is 5.97 Å². The zero-order valence-corrected chi connectivity index (χ0v) is 11.6. The van der Waals surface area contributed by atoms with Gasteiger partial charge in [0.15, 0.2) is 0 Å². The Balaban J connectivity index is 2.17. The Hall–Kier alpha value is -1.62. The van der Waals surface area contributed by atoms with Crippen molar-refractivity contribution in [1.82, 2.24) is 10.3 Å². The molecule has 1 atom stereocenters. The lowest BCUT2D eigenvalue weighted by atomic mass is 10.0. The Morgan fingerprint density at radius 3 is 2.95 bits per heavy atom. The first-order valence-corrected chi connectivity index (χ1v) is 6.54. The molecule has 1 aromatic rings. The molecular formula is C14H22N2O3. The first kappa shape index (κ1) is 15.4. The van der Waals surface area contributed by atoms with Crippen LogP contribution >= 0.6 is 0 Å². The third-order valence-electron chi connectivity index (χ3n) is 2.96. The molecule has 0 fully saturated rings. The van der Waals surface area contributed by atoms with E-state index in [0.29, 0.717) is 18.3 Å². The maximum Gasteiger partial charge on any atom is 0.303 e. The molecule has 1 rings (SSSR count). The molecule has 0 aliphatic rings. The van der Waals surface area contributed by atoms with Gasteiger partial charge in [-0.15, -0.1) is 0 Å². The van der Waals surface area contributed by atoms with E-state index >= 15 is 0 Å². The van der Waals surface area contributed by atoms with Gasteiger partial charge in [-0.1, -0.05) is 13.0 Å². The van der Waals surface area contributed by atoms with Gasteiger partial charge in [0.2, 0.25) is 5.88 Å². The molecule has 2 N–H and O–H groups in total. The SMILES string of the molecule is COc1cccc(CNCCC(C)CCC(=O)O)n1. The fraction of sp³-hybridized carbons (Fsp3) is 0.571. The lowest BCUT2D eigenvalue weighted by Gasteiger charge is -2.10. The number of carbonyl (C=O) groups is 1. The van der Waals surface area contributed by atoms with Crippen molar-refractivity contribution in [3.05, 3.63) is 23.9 Å². The van der Waals surface area contributed by atoms with Gasteiger partial charge in [0.05, 0.1) is 12.8 Å². The van der Waals surface area contributed by atoms with E-state index in [1.54, 1.807) is 7.11 Å². The summed E-state index contributed by atoms with van der Waals surface area (Å²) in [5, 5.41) is 11.9. The van der Waals surface area contributed by atoms with Crippen LogP contribution in [0.1, 0.15) is 31.9 Å². The molecule has 0 saturated heterocycles. The first-order valence-electron chi connectivity index (χ1n) is 6.54. The smallest absolute Gasteiger partial charge is 0.303 e. The predicted molar refractivity (Wildman–Crippen MR) is 73.1 cm³/mol. The minimum Gasteiger partial charge on any atom is -0.481 e. The van der Waals surface area contributed by atoms with E-state index in [0.717, 1.165) is 25.1 Å². The third-order valence-corrected chi connectivity index (χ3v) is 2.96. The van der Waals surface area contributed by atoms with Gasteiger partial charge in [0.25, 0.3) is 0 Å². The van der Waals surface area contributed by atoms with Crippen LogP contribution in [0.4, 0.5) is 0 Å². The molecule has 0 radical (unpaired) electrons. The average molecular weight is 266 g/mol. The molecule has 1 heterocycles. The van der Waals surface area contributed by atoms with Crippen molar-refractivity contribution in [1.29, 1.82) is 0 Å². The van der Waals surface area contributed by atoms with Gasteiger partial charge >= 0.3 is 5.97 Å². The van der Waals surface area contributed by atoms with Crippen molar-refractivity contribution in [2.24, 2.45) is 5.92 Å². The van der Waals surface area contributed by atoms with Crippen molar-refractivity contribution >= 4 is 5.97 Å². The highest BCUT2D eigenvalue weighted by Crippen LogP contribution is 2.10. The van der Waals surface area contributed by atoms with Gasteiger partial charge in [-0.2, -0.15) is 0 Å². The van der Waals surface area contributed by atoms with E-state index in [9.17, 15) is 4.79 Å². The zero-order chi connectivity index (χ0) is 14.1. The fourth-order valence-corrected chi connectivity index (χ4v) is 1.75. The van der Waals surface area contributed by atoms with Gasteiger partial charge in [0.1, 0.15) is 0 Å². The van der Waals surface area contributed by atoms with Gasteiger partial charge in [-0.25, -0.2) is 4.98 Å². The molecule has 0 aliphatic heterocycles. The number of carboxylic acids is 1. The maximum absolute atomic E-state index is 10.4. The topological polar surface area (TPSA) is 71.5 Å². The molecule has 1 unspecified atom stereocenters. The maximum atomic E-state index is 10.4. The highest BCUT2D eigenvalue weighted by atomic mass is 16.5. The number of aliphatic carboxylic acids is 1. The number of pyridine rings is 1. The number of rotatable bonds is 9. The van der Waals surface area contributed by atoms with Crippen LogP contribution in [0.2, 0.25) is 0 Å². The number of methoxy groups -OCH3 is 1. The number of ether oxygens (including phenoxy) is 1. The normalized spacial score (nSPS) is 12.1. The number of nitrogens with one attached hydrogen (secondary N) is 1. The lowest BCUT2D eigenvalue weighted by Crippen LogP contribution is -2.18. The summed E-state index contributed by atoms with van der Waals surface area (Å²) in [7, 11) is 1.60. The molecule has 0 aromatic carbocycles. The largest absolute Gasteiger partial charge is 0.481 e. The average Bonchev–Trinajstić information content (AvgIpc) is 2.41. The predicted octanol–water partition coefficient (Wildman–Crippen LogP) is 2.07. The highest BCUT2D eigenvalue weighted by Gasteiger charge is 2.05. The number of nitrogens with zero attached hydrogens (tertiary/aromatic N) is 1. The minimum absolute atomic E-state index is 0.249. The van der Waals surface area contributed by atoms with E-state index in [2.05, 4.69) is 17.2 Å². The van der Waals surface area contributed by atoms with Crippen LogP contribution in [0.15, 0.2) is 18.2 Å². The number of aromatic nitrogens is 1. The molecule has 5 heteroatoms. The van der Waals surface area contributed by atoms with Gasteiger partial charge in [-0.05, 0) is 31.4 Å². The molecule has 19 heavy (non-hydrogen) atoms. The van der Waals surface area contributed by atoms with Crippen molar-refractivity contribution in [2.45, 2.75) is 32.7 Å². The Morgan fingerprint density at radius 1 is 1.47 bits per heavy atom. The van der Waals surface area contributed by atoms with Crippen LogP contribution in [-0.2, 0) is 11.3 Å².